The molecule has 0 aromatic rings. The molecule has 0 spiro atoms. The van der Waals surface area contributed by atoms with Crippen molar-refractivity contribution in [2.45, 2.75) is 0 Å². The van der Waals surface area contributed by atoms with Crippen molar-refractivity contribution in [1.29, 1.82) is 0 Å². The average molecular weight is 136 g/mol. The molecule has 0 radical (unpaired) electrons. The summed E-state index contributed by atoms with van der Waals surface area (Å²) in [5, 5.41) is 12.4. The molecule has 44 valence electrons. The molecule has 0 fully saturated rings. The van der Waals surface area contributed by atoms with E-state index in [4.69, 9.17) is 0 Å². The molecule has 0 aromatic heterocycles. The monoisotopic (exact) mass is 136 g/mol. The summed E-state index contributed by atoms with van der Waals surface area (Å²) in [6, 6.07) is 0. The van der Waals surface area contributed by atoms with Crippen LogP contribution in [-0.2, 0) is 4.79 Å². The second-order valence-electron chi connectivity index (χ2n) is 1.44. The van der Waals surface area contributed by atoms with E-state index in [0.717, 1.165) is 0 Å². The number of carboxylic acid groups (broad SMARTS) is 1. The van der Waals surface area contributed by atoms with Crippen molar-refractivity contribution in [2.24, 2.45) is 4.99 Å². The van der Waals surface area contributed by atoms with Gasteiger partial charge in [-0.05, 0) is 0 Å². The zero-order valence-corrected chi connectivity index (χ0v) is 7.18. The number of hydrogen-bond donors (Lipinski definition) is 1. The van der Waals surface area contributed by atoms with Crippen LogP contribution in [0.5, 0.6) is 0 Å². The van der Waals surface area contributed by atoms with Gasteiger partial charge in [0.15, 0.2) is 0 Å². The van der Waals surface area contributed by atoms with Gasteiger partial charge in [0, 0.05) is 6.54 Å². The van der Waals surface area contributed by atoms with E-state index in [-0.39, 0.29) is 35.4 Å². The summed E-state index contributed by atoms with van der Waals surface area (Å²) >= 11 is 0. The van der Waals surface area contributed by atoms with Gasteiger partial charge in [0.05, 0.1) is 6.54 Å². The van der Waals surface area contributed by atoms with Crippen molar-refractivity contribution in [3.63, 3.8) is 0 Å². The van der Waals surface area contributed by atoms with Gasteiger partial charge >= 0.3 is 29.6 Å². The fraction of sp³-hybridized carbons (Fsp3) is 0.500. The number of aliphatic carboxylic acids is 1. The summed E-state index contributed by atoms with van der Waals surface area (Å²) in [5.74, 6) is -1.24. The number of aliphatic imine (C=N–C) groups is 1. The topological polar surface area (TPSA) is 64.5 Å². The van der Waals surface area contributed by atoms with E-state index in [2.05, 4.69) is 10.3 Å². The average Bonchev–Trinajstić information content (AvgIpc) is 2.12. The number of nitrogens with one attached hydrogen (secondary N) is 1. The molecule has 0 bridgehead atoms. The number of carbonyl (C=O) groups excluding carboxylic acids is 1. The Labute approximate surface area is 74.6 Å². The molecule has 0 aromatic carbocycles. The van der Waals surface area contributed by atoms with E-state index in [0.29, 0.717) is 13.1 Å². The van der Waals surface area contributed by atoms with Gasteiger partial charge in [-0.1, -0.05) is 0 Å². The molecule has 1 aliphatic rings. The number of carboxylic acids is 1. The first-order chi connectivity index (χ1) is 3.80. The maximum absolute atomic E-state index is 9.90. The summed E-state index contributed by atoms with van der Waals surface area (Å²) in [5.41, 5.74) is 0. The maximum Gasteiger partial charge on any atom is 1.00 e. The van der Waals surface area contributed by atoms with Crippen LogP contribution in [0.3, 0.4) is 0 Å². The van der Waals surface area contributed by atoms with Crippen molar-refractivity contribution in [2.75, 3.05) is 13.1 Å². The standard InChI is InChI=1S/C4H6N2O2.Na/c7-4(8)3-5-1-2-6-3;/h1-2H2,(H,5,6)(H,7,8);/q;+1/p-1. The van der Waals surface area contributed by atoms with Gasteiger partial charge in [-0.25, -0.2) is 0 Å². The summed E-state index contributed by atoms with van der Waals surface area (Å²) in [7, 11) is 0. The number of carbonyl (C=O) groups is 1. The van der Waals surface area contributed by atoms with E-state index in [9.17, 15) is 9.90 Å². The van der Waals surface area contributed by atoms with Crippen molar-refractivity contribution >= 4 is 11.8 Å². The first-order valence-corrected chi connectivity index (χ1v) is 2.30. The maximum atomic E-state index is 9.90. The Hall–Kier alpha value is -0.0600. The largest absolute Gasteiger partial charge is 1.00 e. The van der Waals surface area contributed by atoms with Crippen LogP contribution in [0.1, 0.15) is 0 Å². The quantitative estimate of drug-likeness (QED) is 0.366. The molecule has 0 amide bonds. The van der Waals surface area contributed by atoms with Crippen molar-refractivity contribution in [3.05, 3.63) is 0 Å². The number of rotatable bonds is 1. The molecule has 4 nitrogen and oxygen atoms in total. The molecule has 1 rings (SSSR count). The van der Waals surface area contributed by atoms with Crippen LogP contribution in [0.2, 0.25) is 0 Å². The fourth-order valence-electron chi connectivity index (χ4n) is 0.535. The third kappa shape index (κ3) is 2.34. The summed E-state index contributed by atoms with van der Waals surface area (Å²) in [6.45, 7) is 1.16. The second kappa shape index (κ2) is 3.87. The first kappa shape index (κ1) is 8.94. The van der Waals surface area contributed by atoms with Gasteiger partial charge in [-0.15, -0.1) is 0 Å². The SMILES string of the molecule is O=C([O-])C1=NCCN1.[Na+]. The Bertz CT molecular complexity index is 146. The van der Waals surface area contributed by atoms with Crippen molar-refractivity contribution in [3.8, 4) is 0 Å². The van der Waals surface area contributed by atoms with Crippen LogP contribution in [0.15, 0.2) is 4.99 Å². The summed E-state index contributed by atoms with van der Waals surface area (Å²) in [4.78, 5) is 13.5. The normalized spacial score (nSPS) is 15.3. The number of amidine groups is 1. The molecule has 0 unspecified atom stereocenters. The van der Waals surface area contributed by atoms with E-state index in [1.165, 1.54) is 0 Å². The van der Waals surface area contributed by atoms with E-state index in [1.54, 1.807) is 0 Å². The Morgan fingerprint density at radius 2 is 2.44 bits per heavy atom. The van der Waals surface area contributed by atoms with Crippen LogP contribution in [0.4, 0.5) is 0 Å². The molecule has 0 atom stereocenters. The zero-order chi connectivity index (χ0) is 5.98. The van der Waals surface area contributed by atoms with E-state index < -0.39 is 5.97 Å². The molecule has 5 heteroatoms. The summed E-state index contributed by atoms with van der Waals surface area (Å²) in [6.07, 6.45) is 0. The Morgan fingerprint density at radius 1 is 1.78 bits per heavy atom. The molecular formula is C4H5N2NaO2. The van der Waals surface area contributed by atoms with Crippen LogP contribution < -0.4 is 40.0 Å². The van der Waals surface area contributed by atoms with Gasteiger partial charge in [0.25, 0.3) is 0 Å². The predicted octanol–water partition coefficient (Wildman–Crippen LogP) is -5.26. The Kier molecular flexibility index (Phi) is 3.84. The third-order valence-corrected chi connectivity index (χ3v) is 0.868. The molecule has 1 heterocycles. The Morgan fingerprint density at radius 3 is 2.67 bits per heavy atom. The van der Waals surface area contributed by atoms with Gasteiger partial charge < -0.3 is 15.2 Å². The van der Waals surface area contributed by atoms with Crippen LogP contribution in [0, 0.1) is 0 Å². The van der Waals surface area contributed by atoms with Gasteiger partial charge in [0.1, 0.15) is 11.8 Å². The van der Waals surface area contributed by atoms with Gasteiger partial charge in [-0.2, -0.15) is 0 Å². The molecule has 0 saturated heterocycles. The first-order valence-electron chi connectivity index (χ1n) is 2.30. The minimum absolute atomic E-state index is 0. The molecule has 1 N–H and O–H groups in total. The minimum Gasteiger partial charge on any atom is -0.542 e. The molecule has 0 saturated carbocycles. The smallest absolute Gasteiger partial charge is 0.542 e. The molecular weight excluding hydrogens is 131 g/mol. The van der Waals surface area contributed by atoms with Crippen molar-refractivity contribution < 1.29 is 39.5 Å². The van der Waals surface area contributed by atoms with Crippen LogP contribution in [0.25, 0.3) is 0 Å². The number of nitrogens with zero attached hydrogens (tertiary/aromatic N) is 1. The van der Waals surface area contributed by atoms with E-state index >= 15 is 0 Å². The molecule has 9 heavy (non-hydrogen) atoms. The zero-order valence-electron chi connectivity index (χ0n) is 5.18. The molecule has 1 aliphatic heterocycles. The van der Waals surface area contributed by atoms with Crippen LogP contribution in [-0.4, -0.2) is 24.9 Å². The van der Waals surface area contributed by atoms with Crippen molar-refractivity contribution in [1.82, 2.24) is 5.32 Å². The summed E-state index contributed by atoms with van der Waals surface area (Å²) < 4.78 is 0. The fourth-order valence-corrected chi connectivity index (χ4v) is 0.535. The van der Waals surface area contributed by atoms with Crippen LogP contribution >= 0.6 is 0 Å². The number of hydrogen-bond acceptors (Lipinski definition) is 4. The second-order valence-corrected chi connectivity index (χ2v) is 1.44. The Balaban J connectivity index is 0.000000640. The predicted molar refractivity (Wildman–Crippen MR) is 25.3 cm³/mol. The molecule has 0 aliphatic carbocycles. The van der Waals surface area contributed by atoms with Gasteiger partial charge in [-0.3, -0.25) is 4.99 Å². The van der Waals surface area contributed by atoms with Gasteiger partial charge in [0.2, 0.25) is 0 Å². The minimum atomic E-state index is -1.22. The third-order valence-electron chi connectivity index (χ3n) is 0.868. The van der Waals surface area contributed by atoms with E-state index in [1.807, 2.05) is 0 Å².